The number of aliphatic imine (C=N–C) groups is 1. The van der Waals surface area contributed by atoms with E-state index in [4.69, 9.17) is 9.73 Å². The summed E-state index contributed by atoms with van der Waals surface area (Å²) < 4.78 is 7.70. The molecule has 1 unspecified atom stereocenters. The molecule has 1 aliphatic rings. The number of benzene rings is 1. The average molecular weight is 414 g/mol. The van der Waals surface area contributed by atoms with Crippen molar-refractivity contribution in [2.75, 3.05) is 37.7 Å². The lowest BCUT2D eigenvalue weighted by Gasteiger charge is -2.23. The molecule has 0 amide bonds. The zero-order chi connectivity index (χ0) is 21.2. The largest absolute Gasteiger partial charge is 0.376 e. The standard InChI is InChI=1S/C22H35N7O/c1-4-29(19-10-6-5-7-11-19)14-9-13-23-22(24-16-20-12-8-15-30-20)25-17-21-27-26-18(2)28(21)3/h5-7,10-11,20H,4,8-9,12-17H2,1-3H3,(H2,23,24,25). The molecular weight excluding hydrogens is 378 g/mol. The van der Waals surface area contributed by atoms with E-state index in [2.05, 4.69) is 63.0 Å². The number of aromatic nitrogens is 3. The Hall–Kier alpha value is -2.61. The molecule has 8 heteroatoms. The molecule has 1 fully saturated rings. The topological polar surface area (TPSA) is 79.6 Å². The number of guanidine groups is 1. The Bertz CT molecular complexity index is 784. The van der Waals surface area contributed by atoms with Gasteiger partial charge in [-0.15, -0.1) is 10.2 Å². The first-order valence-corrected chi connectivity index (χ1v) is 11.0. The smallest absolute Gasteiger partial charge is 0.191 e. The second-order valence-corrected chi connectivity index (χ2v) is 7.60. The quantitative estimate of drug-likeness (QED) is 0.353. The average Bonchev–Trinajstić information content (AvgIpc) is 3.41. The van der Waals surface area contributed by atoms with Crippen LogP contribution in [-0.4, -0.2) is 59.6 Å². The summed E-state index contributed by atoms with van der Waals surface area (Å²) in [5.41, 5.74) is 1.27. The zero-order valence-corrected chi connectivity index (χ0v) is 18.5. The summed E-state index contributed by atoms with van der Waals surface area (Å²) in [6, 6.07) is 10.6. The number of hydrogen-bond acceptors (Lipinski definition) is 5. The molecule has 164 valence electrons. The summed E-state index contributed by atoms with van der Waals surface area (Å²) in [6.07, 6.45) is 3.52. The summed E-state index contributed by atoms with van der Waals surface area (Å²) >= 11 is 0. The van der Waals surface area contributed by atoms with Crippen LogP contribution in [0.2, 0.25) is 0 Å². The summed E-state index contributed by atoms with van der Waals surface area (Å²) in [6.45, 7) is 9.09. The van der Waals surface area contributed by atoms with E-state index in [1.54, 1.807) is 0 Å². The molecule has 1 atom stereocenters. The summed E-state index contributed by atoms with van der Waals surface area (Å²) in [5, 5.41) is 15.2. The van der Waals surface area contributed by atoms with Gasteiger partial charge in [0.25, 0.3) is 0 Å². The first-order valence-electron chi connectivity index (χ1n) is 11.0. The van der Waals surface area contributed by atoms with E-state index in [0.29, 0.717) is 6.54 Å². The lowest BCUT2D eigenvalue weighted by atomic mass is 10.2. The fourth-order valence-electron chi connectivity index (χ4n) is 3.51. The van der Waals surface area contributed by atoms with Gasteiger partial charge in [0, 0.05) is 45.5 Å². The molecule has 1 aromatic carbocycles. The minimum Gasteiger partial charge on any atom is -0.376 e. The van der Waals surface area contributed by atoms with Crippen LogP contribution in [0.3, 0.4) is 0 Å². The van der Waals surface area contributed by atoms with Crippen molar-refractivity contribution in [3.05, 3.63) is 42.0 Å². The molecular formula is C22H35N7O. The predicted molar refractivity (Wildman–Crippen MR) is 121 cm³/mol. The van der Waals surface area contributed by atoms with Crippen molar-refractivity contribution in [1.82, 2.24) is 25.4 Å². The van der Waals surface area contributed by atoms with Crippen molar-refractivity contribution in [3.63, 3.8) is 0 Å². The highest BCUT2D eigenvalue weighted by Crippen LogP contribution is 2.13. The van der Waals surface area contributed by atoms with Crippen LogP contribution >= 0.6 is 0 Å². The van der Waals surface area contributed by atoms with Crippen molar-refractivity contribution >= 4 is 11.6 Å². The molecule has 1 aliphatic heterocycles. The van der Waals surface area contributed by atoms with Gasteiger partial charge in [-0.05, 0) is 45.2 Å². The summed E-state index contributed by atoms with van der Waals surface area (Å²) in [7, 11) is 1.97. The van der Waals surface area contributed by atoms with Crippen molar-refractivity contribution in [3.8, 4) is 0 Å². The molecule has 0 saturated carbocycles. The van der Waals surface area contributed by atoms with Gasteiger partial charge in [-0.25, -0.2) is 4.99 Å². The van der Waals surface area contributed by atoms with Crippen LogP contribution in [0, 0.1) is 6.92 Å². The Labute approximate surface area is 179 Å². The Balaban J connectivity index is 1.51. The molecule has 3 rings (SSSR count). The Morgan fingerprint density at radius 2 is 2.10 bits per heavy atom. The monoisotopic (exact) mass is 413 g/mol. The van der Waals surface area contributed by atoms with E-state index >= 15 is 0 Å². The van der Waals surface area contributed by atoms with Gasteiger partial charge < -0.3 is 24.8 Å². The van der Waals surface area contributed by atoms with E-state index < -0.39 is 0 Å². The normalized spacial score (nSPS) is 16.6. The third-order valence-corrected chi connectivity index (χ3v) is 5.48. The second kappa shape index (κ2) is 11.5. The highest BCUT2D eigenvalue weighted by atomic mass is 16.5. The predicted octanol–water partition coefficient (Wildman–Crippen LogP) is 2.25. The highest BCUT2D eigenvalue weighted by molar-refractivity contribution is 5.79. The Morgan fingerprint density at radius 1 is 1.27 bits per heavy atom. The van der Waals surface area contributed by atoms with Gasteiger partial charge in [0.2, 0.25) is 0 Å². The molecule has 30 heavy (non-hydrogen) atoms. The number of anilines is 1. The van der Waals surface area contributed by atoms with E-state index in [9.17, 15) is 0 Å². The fraction of sp³-hybridized carbons (Fsp3) is 0.591. The van der Waals surface area contributed by atoms with Crippen molar-refractivity contribution in [1.29, 1.82) is 0 Å². The Morgan fingerprint density at radius 3 is 2.77 bits per heavy atom. The number of rotatable bonds is 10. The minimum atomic E-state index is 0.266. The third kappa shape index (κ3) is 6.45. The molecule has 0 radical (unpaired) electrons. The van der Waals surface area contributed by atoms with Gasteiger partial charge in [-0.3, -0.25) is 0 Å². The number of para-hydroxylation sites is 1. The maximum Gasteiger partial charge on any atom is 0.191 e. The van der Waals surface area contributed by atoms with Crippen LogP contribution < -0.4 is 15.5 Å². The Kier molecular flexibility index (Phi) is 8.50. The number of nitrogens with zero attached hydrogens (tertiary/aromatic N) is 5. The van der Waals surface area contributed by atoms with E-state index in [1.165, 1.54) is 5.69 Å². The molecule has 2 aromatic rings. The highest BCUT2D eigenvalue weighted by Gasteiger charge is 2.16. The number of nitrogens with one attached hydrogen (secondary N) is 2. The second-order valence-electron chi connectivity index (χ2n) is 7.60. The van der Waals surface area contributed by atoms with Crippen LogP contribution in [0.1, 0.15) is 37.8 Å². The molecule has 0 aliphatic carbocycles. The van der Waals surface area contributed by atoms with E-state index in [0.717, 1.165) is 69.7 Å². The maximum atomic E-state index is 5.73. The minimum absolute atomic E-state index is 0.266. The molecule has 8 nitrogen and oxygen atoms in total. The first-order chi connectivity index (χ1) is 14.7. The van der Waals surface area contributed by atoms with Crippen LogP contribution in [0.25, 0.3) is 0 Å². The first kappa shape index (κ1) is 22.1. The van der Waals surface area contributed by atoms with Crippen molar-refractivity contribution in [2.24, 2.45) is 12.0 Å². The SMILES string of the molecule is CCN(CCCNC(=NCc1nnc(C)n1C)NCC1CCCO1)c1ccccc1. The van der Waals surface area contributed by atoms with Gasteiger partial charge in [0.05, 0.1) is 6.10 Å². The third-order valence-electron chi connectivity index (χ3n) is 5.48. The zero-order valence-electron chi connectivity index (χ0n) is 18.5. The van der Waals surface area contributed by atoms with Crippen LogP contribution in [0.5, 0.6) is 0 Å². The molecule has 0 bridgehead atoms. The van der Waals surface area contributed by atoms with Gasteiger partial charge in [0.1, 0.15) is 12.4 Å². The van der Waals surface area contributed by atoms with Crippen LogP contribution in [0.15, 0.2) is 35.3 Å². The van der Waals surface area contributed by atoms with Gasteiger partial charge in [-0.1, -0.05) is 18.2 Å². The number of ether oxygens (including phenoxy) is 1. The molecule has 0 spiro atoms. The molecule has 2 N–H and O–H groups in total. The van der Waals surface area contributed by atoms with Gasteiger partial charge in [0.15, 0.2) is 11.8 Å². The van der Waals surface area contributed by atoms with Crippen molar-refractivity contribution in [2.45, 2.75) is 45.8 Å². The fourth-order valence-corrected chi connectivity index (χ4v) is 3.51. The van der Waals surface area contributed by atoms with E-state index in [1.807, 2.05) is 18.5 Å². The van der Waals surface area contributed by atoms with Crippen LogP contribution in [0.4, 0.5) is 5.69 Å². The number of aryl methyl sites for hydroxylation is 1. The van der Waals surface area contributed by atoms with Gasteiger partial charge in [-0.2, -0.15) is 0 Å². The lowest BCUT2D eigenvalue weighted by Crippen LogP contribution is -2.42. The van der Waals surface area contributed by atoms with Crippen LogP contribution in [-0.2, 0) is 18.3 Å². The summed E-state index contributed by atoms with van der Waals surface area (Å²) in [4.78, 5) is 7.12. The molecule has 2 heterocycles. The molecule has 1 aromatic heterocycles. The van der Waals surface area contributed by atoms with E-state index in [-0.39, 0.29) is 6.10 Å². The van der Waals surface area contributed by atoms with Gasteiger partial charge >= 0.3 is 0 Å². The summed E-state index contributed by atoms with van der Waals surface area (Å²) in [5.74, 6) is 2.54. The molecule has 1 saturated heterocycles. The van der Waals surface area contributed by atoms with Crippen molar-refractivity contribution < 1.29 is 4.74 Å². The maximum absolute atomic E-state index is 5.73. The lowest BCUT2D eigenvalue weighted by molar-refractivity contribution is 0.114. The number of hydrogen-bond donors (Lipinski definition) is 2.